The van der Waals surface area contributed by atoms with Crippen molar-refractivity contribution in [2.75, 3.05) is 13.2 Å². The summed E-state index contributed by atoms with van der Waals surface area (Å²) in [6, 6.07) is 7.72. The average molecular weight is 399 g/mol. The van der Waals surface area contributed by atoms with Gasteiger partial charge < -0.3 is 15.2 Å². The van der Waals surface area contributed by atoms with Crippen molar-refractivity contribution in [2.24, 2.45) is 0 Å². The normalized spacial score (nSPS) is 16.2. The van der Waals surface area contributed by atoms with Crippen LogP contribution in [0.2, 0.25) is 0 Å². The number of benzene rings is 1. The Morgan fingerprint density at radius 3 is 2.52 bits per heavy atom. The molecule has 1 heterocycles. The maximum Gasteiger partial charge on any atom is 0.338 e. The van der Waals surface area contributed by atoms with Crippen LogP contribution in [0.4, 0.5) is 4.79 Å². The summed E-state index contributed by atoms with van der Waals surface area (Å²) in [4.78, 5) is 37.4. The van der Waals surface area contributed by atoms with E-state index >= 15 is 0 Å². The fraction of sp³-hybridized carbons (Fsp3) is 0.429. The molecule has 0 aliphatic carbocycles. The number of hydrogen-bond donors (Lipinski definition) is 2. The van der Waals surface area contributed by atoms with Crippen LogP contribution in [-0.2, 0) is 14.3 Å². The monoisotopic (exact) mass is 399 g/mol. The summed E-state index contributed by atoms with van der Waals surface area (Å²) in [5.41, 5.74) is 2.03. The van der Waals surface area contributed by atoms with Crippen molar-refractivity contribution < 1.29 is 24.2 Å². The lowest BCUT2D eigenvalue weighted by Gasteiger charge is -2.35. The van der Waals surface area contributed by atoms with Gasteiger partial charge in [-0.1, -0.05) is 18.6 Å². The molecular weight excluding hydrogens is 374 g/mol. The number of rotatable bonds is 9. The van der Waals surface area contributed by atoms with Gasteiger partial charge in [-0.05, 0) is 44.4 Å². The summed E-state index contributed by atoms with van der Waals surface area (Å²) in [7, 11) is 0. The first-order valence-electron chi connectivity index (χ1n) is 9.56. The average Bonchev–Trinajstić information content (AvgIpc) is 2.69. The van der Waals surface area contributed by atoms with Crippen LogP contribution in [0.25, 0.3) is 0 Å². The van der Waals surface area contributed by atoms with Gasteiger partial charge in [-0.15, -0.1) is 0 Å². The number of carboxylic acid groups (broad SMARTS) is 1. The summed E-state index contributed by atoms with van der Waals surface area (Å²) in [5, 5.41) is 20.5. The number of allylic oxidation sites excluding steroid dienone is 1. The zero-order valence-electron chi connectivity index (χ0n) is 16.6. The fourth-order valence-corrected chi connectivity index (χ4v) is 3.25. The van der Waals surface area contributed by atoms with E-state index in [9.17, 15) is 14.4 Å². The van der Waals surface area contributed by atoms with Gasteiger partial charge in [0.2, 0.25) is 0 Å². The lowest BCUT2D eigenvalue weighted by molar-refractivity contribution is -0.139. The Balaban J connectivity index is 2.26. The number of hydrogen-bond acceptors (Lipinski definition) is 5. The zero-order valence-corrected chi connectivity index (χ0v) is 16.6. The minimum atomic E-state index is -0.841. The molecule has 0 spiro atoms. The molecule has 0 saturated heterocycles. The molecule has 1 aromatic carbocycles. The van der Waals surface area contributed by atoms with Crippen LogP contribution in [0.3, 0.4) is 0 Å². The third-order valence-electron chi connectivity index (χ3n) is 4.74. The maximum absolute atomic E-state index is 12.7. The molecule has 0 fully saturated rings. The third-order valence-corrected chi connectivity index (χ3v) is 4.74. The highest BCUT2D eigenvalue weighted by atomic mass is 16.5. The molecule has 0 bridgehead atoms. The quantitative estimate of drug-likeness (QED) is 0.486. The van der Waals surface area contributed by atoms with Gasteiger partial charge in [-0.2, -0.15) is 5.26 Å². The van der Waals surface area contributed by atoms with Crippen molar-refractivity contribution in [3.63, 3.8) is 0 Å². The standard InChI is InChI=1S/C21H25N3O5/c1-3-29-20(27)18-14(2)24(12-6-4-5-7-17(25)26)21(28)23-19(18)16-10-8-15(13-22)9-11-16/h8-11,19H,3-7,12H2,1-2H3,(H,23,28)(H,25,26). The number of nitrogens with one attached hydrogen (secondary N) is 1. The fourth-order valence-electron chi connectivity index (χ4n) is 3.25. The van der Waals surface area contributed by atoms with E-state index in [1.807, 2.05) is 6.07 Å². The molecule has 0 radical (unpaired) electrons. The molecule has 8 heteroatoms. The Kier molecular flexibility index (Phi) is 7.78. The number of nitrogens with zero attached hydrogens (tertiary/aromatic N) is 2. The highest BCUT2D eigenvalue weighted by Crippen LogP contribution is 2.31. The second-order valence-electron chi connectivity index (χ2n) is 6.69. The molecule has 154 valence electrons. The van der Waals surface area contributed by atoms with Gasteiger partial charge in [-0.3, -0.25) is 9.69 Å². The number of amides is 2. The van der Waals surface area contributed by atoms with E-state index in [0.717, 1.165) is 0 Å². The van der Waals surface area contributed by atoms with E-state index in [1.54, 1.807) is 38.1 Å². The molecule has 8 nitrogen and oxygen atoms in total. The molecule has 1 atom stereocenters. The lowest BCUT2D eigenvalue weighted by atomic mass is 9.94. The number of carbonyl (C=O) groups excluding carboxylic acids is 2. The molecule has 29 heavy (non-hydrogen) atoms. The first-order valence-corrected chi connectivity index (χ1v) is 9.56. The molecule has 2 N–H and O–H groups in total. The van der Waals surface area contributed by atoms with Gasteiger partial charge in [0.15, 0.2) is 0 Å². The van der Waals surface area contributed by atoms with E-state index < -0.39 is 18.0 Å². The smallest absolute Gasteiger partial charge is 0.338 e. The van der Waals surface area contributed by atoms with E-state index in [4.69, 9.17) is 15.1 Å². The molecular formula is C21H25N3O5. The molecule has 1 aromatic rings. The topological polar surface area (TPSA) is 120 Å². The minimum Gasteiger partial charge on any atom is -0.481 e. The third kappa shape index (κ3) is 5.57. The predicted octanol–water partition coefficient (Wildman–Crippen LogP) is 3.11. The van der Waals surface area contributed by atoms with Gasteiger partial charge in [0.05, 0.1) is 29.9 Å². The Hall–Kier alpha value is -3.34. The minimum absolute atomic E-state index is 0.0931. The van der Waals surface area contributed by atoms with Gasteiger partial charge >= 0.3 is 18.0 Å². The Morgan fingerprint density at radius 2 is 1.93 bits per heavy atom. The predicted molar refractivity (Wildman–Crippen MR) is 105 cm³/mol. The molecule has 2 rings (SSSR count). The van der Waals surface area contributed by atoms with Crippen molar-refractivity contribution in [2.45, 2.75) is 45.6 Å². The first-order chi connectivity index (χ1) is 13.9. The van der Waals surface area contributed by atoms with Gasteiger partial charge in [0.25, 0.3) is 0 Å². The summed E-state index contributed by atoms with van der Waals surface area (Å²) >= 11 is 0. The molecule has 1 unspecified atom stereocenters. The van der Waals surface area contributed by atoms with Crippen molar-refractivity contribution in [1.29, 1.82) is 5.26 Å². The van der Waals surface area contributed by atoms with E-state index in [2.05, 4.69) is 5.32 Å². The number of esters is 1. The highest BCUT2D eigenvalue weighted by Gasteiger charge is 2.36. The first kappa shape index (κ1) is 22.0. The Morgan fingerprint density at radius 1 is 1.24 bits per heavy atom. The summed E-state index contributed by atoms with van der Waals surface area (Å²) in [6.45, 7) is 4.00. The molecule has 0 saturated carbocycles. The second-order valence-corrected chi connectivity index (χ2v) is 6.69. The second kappa shape index (κ2) is 10.3. The van der Waals surface area contributed by atoms with Crippen LogP contribution in [0, 0.1) is 11.3 Å². The number of carboxylic acids is 1. The Labute approximate surface area is 169 Å². The number of aliphatic carboxylic acids is 1. The lowest BCUT2D eigenvalue weighted by Crippen LogP contribution is -2.48. The number of nitriles is 1. The number of urea groups is 1. The Bertz CT molecular complexity index is 839. The summed E-state index contributed by atoms with van der Waals surface area (Å²) in [6.07, 6.45) is 1.91. The zero-order chi connectivity index (χ0) is 21.4. The molecule has 1 aliphatic rings. The molecule has 1 aliphatic heterocycles. The number of carbonyl (C=O) groups is 3. The summed E-state index contributed by atoms with van der Waals surface area (Å²) < 4.78 is 5.21. The van der Waals surface area contributed by atoms with Crippen molar-refractivity contribution in [3.05, 3.63) is 46.7 Å². The highest BCUT2D eigenvalue weighted by molar-refractivity contribution is 5.95. The van der Waals surface area contributed by atoms with Crippen molar-refractivity contribution in [3.8, 4) is 6.07 Å². The molecule has 0 aromatic heterocycles. The molecule has 2 amide bonds. The van der Waals surface area contributed by atoms with Gasteiger partial charge in [-0.25, -0.2) is 9.59 Å². The van der Waals surface area contributed by atoms with Crippen LogP contribution >= 0.6 is 0 Å². The largest absolute Gasteiger partial charge is 0.481 e. The van der Waals surface area contributed by atoms with E-state index in [1.165, 1.54) is 4.90 Å². The van der Waals surface area contributed by atoms with Crippen LogP contribution in [0.1, 0.15) is 56.7 Å². The van der Waals surface area contributed by atoms with Crippen molar-refractivity contribution in [1.82, 2.24) is 10.2 Å². The van der Waals surface area contributed by atoms with Crippen LogP contribution in [-0.4, -0.2) is 41.1 Å². The van der Waals surface area contributed by atoms with Gasteiger partial charge in [0, 0.05) is 18.7 Å². The van der Waals surface area contributed by atoms with Crippen LogP contribution in [0.15, 0.2) is 35.5 Å². The van der Waals surface area contributed by atoms with Crippen LogP contribution in [0.5, 0.6) is 0 Å². The maximum atomic E-state index is 12.7. The summed E-state index contributed by atoms with van der Waals surface area (Å²) in [5.74, 6) is -1.35. The number of unbranched alkanes of at least 4 members (excludes halogenated alkanes) is 2. The van der Waals surface area contributed by atoms with E-state index in [-0.39, 0.29) is 19.1 Å². The number of ether oxygens (including phenoxy) is 1. The SMILES string of the molecule is CCOC(=O)C1=C(C)N(CCCCCC(=O)O)C(=O)NC1c1ccc(C#N)cc1. The van der Waals surface area contributed by atoms with E-state index in [0.29, 0.717) is 48.2 Å². The van der Waals surface area contributed by atoms with Crippen molar-refractivity contribution >= 4 is 18.0 Å². The van der Waals surface area contributed by atoms with Crippen LogP contribution < -0.4 is 5.32 Å². The van der Waals surface area contributed by atoms with Gasteiger partial charge in [0.1, 0.15) is 0 Å².